The Balaban J connectivity index is 1.98. The lowest BCUT2D eigenvalue weighted by Gasteiger charge is -2.15. The second-order valence-corrected chi connectivity index (χ2v) is 7.93. The number of benzene rings is 2. The maximum atomic E-state index is 12.8. The third-order valence-corrected chi connectivity index (χ3v) is 6.83. The predicted octanol–water partition coefficient (Wildman–Crippen LogP) is 3.01. The molecule has 0 amide bonds. The van der Waals surface area contributed by atoms with Crippen molar-refractivity contribution < 1.29 is 18.3 Å². The van der Waals surface area contributed by atoms with Crippen molar-refractivity contribution in [1.82, 2.24) is 0 Å². The van der Waals surface area contributed by atoms with Crippen LogP contribution in [0.2, 0.25) is 0 Å². The van der Waals surface area contributed by atoms with Crippen molar-refractivity contribution in [3.63, 3.8) is 0 Å². The summed E-state index contributed by atoms with van der Waals surface area (Å²) in [6, 6.07) is 12.7. The van der Waals surface area contributed by atoms with Crippen LogP contribution in [0.1, 0.15) is 25.7 Å². The first kappa shape index (κ1) is 14.1. The molecular formula is C16H16O4S. The number of carboxylic acid groups (broad SMARTS) is 1. The largest absolute Gasteiger partial charge is 0.481 e. The SMILES string of the molecule is O=C(O)CCC1(S(=O)(=O)c2ccc3ccccc3c2)CC1. The first-order chi connectivity index (χ1) is 9.95. The Labute approximate surface area is 123 Å². The van der Waals surface area contributed by atoms with E-state index in [1.165, 1.54) is 0 Å². The highest BCUT2D eigenvalue weighted by atomic mass is 32.2. The molecule has 0 unspecified atom stereocenters. The maximum Gasteiger partial charge on any atom is 0.303 e. The minimum absolute atomic E-state index is 0.104. The van der Waals surface area contributed by atoms with Crippen molar-refractivity contribution in [3.05, 3.63) is 42.5 Å². The van der Waals surface area contributed by atoms with E-state index in [4.69, 9.17) is 5.11 Å². The van der Waals surface area contributed by atoms with Gasteiger partial charge in [0, 0.05) is 6.42 Å². The summed E-state index contributed by atoms with van der Waals surface area (Å²) in [6.07, 6.45) is 1.19. The van der Waals surface area contributed by atoms with Gasteiger partial charge in [0.25, 0.3) is 0 Å². The van der Waals surface area contributed by atoms with Gasteiger partial charge in [-0.25, -0.2) is 8.42 Å². The van der Waals surface area contributed by atoms with Crippen molar-refractivity contribution in [1.29, 1.82) is 0 Å². The van der Waals surface area contributed by atoms with Gasteiger partial charge in [0.2, 0.25) is 0 Å². The van der Waals surface area contributed by atoms with Crippen molar-refractivity contribution >= 4 is 26.6 Å². The minimum Gasteiger partial charge on any atom is -0.481 e. The predicted molar refractivity (Wildman–Crippen MR) is 80.0 cm³/mol. The van der Waals surface area contributed by atoms with E-state index in [1.54, 1.807) is 18.2 Å². The number of sulfone groups is 1. The summed E-state index contributed by atoms with van der Waals surface area (Å²) >= 11 is 0. The lowest BCUT2D eigenvalue weighted by molar-refractivity contribution is -0.137. The molecule has 1 N–H and O–H groups in total. The molecule has 1 fully saturated rings. The van der Waals surface area contributed by atoms with E-state index in [0.717, 1.165) is 10.8 Å². The molecule has 5 heteroatoms. The van der Waals surface area contributed by atoms with E-state index in [0.29, 0.717) is 17.7 Å². The average molecular weight is 304 g/mol. The van der Waals surface area contributed by atoms with Gasteiger partial charge < -0.3 is 5.11 Å². The zero-order valence-electron chi connectivity index (χ0n) is 11.5. The van der Waals surface area contributed by atoms with Crippen LogP contribution in [-0.4, -0.2) is 24.2 Å². The number of aliphatic carboxylic acids is 1. The first-order valence-corrected chi connectivity index (χ1v) is 8.38. The third-order valence-electron chi connectivity index (χ3n) is 4.20. The maximum absolute atomic E-state index is 12.8. The molecule has 2 aromatic carbocycles. The van der Waals surface area contributed by atoms with E-state index >= 15 is 0 Å². The summed E-state index contributed by atoms with van der Waals surface area (Å²) < 4.78 is 24.7. The molecule has 21 heavy (non-hydrogen) atoms. The number of rotatable bonds is 5. The highest BCUT2D eigenvalue weighted by molar-refractivity contribution is 7.93. The molecule has 3 rings (SSSR count). The monoisotopic (exact) mass is 304 g/mol. The average Bonchev–Trinajstić information content (AvgIpc) is 3.26. The van der Waals surface area contributed by atoms with Gasteiger partial charge in [-0.2, -0.15) is 0 Å². The molecule has 0 saturated heterocycles. The van der Waals surface area contributed by atoms with Crippen LogP contribution in [0.5, 0.6) is 0 Å². The molecule has 0 atom stereocenters. The number of carboxylic acids is 1. The van der Waals surface area contributed by atoms with Crippen LogP contribution in [0.15, 0.2) is 47.4 Å². The van der Waals surface area contributed by atoms with Crippen molar-refractivity contribution in [2.45, 2.75) is 35.3 Å². The lowest BCUT2D eigenvalue weighted by atomic mass is 10.1. The molecular weight excluding hydrogens is 288 g/mol. The molecule has 0 aromatic heterocycles. The van der Waals surface area contributed by atoms with Gasteiger partial charge in [-0.05, 0) is 42.2 Å². The molecule has 0 aliphatic heterocycles. The van der Waals surface area contributed by atoms with E-state index in [1.807, 2.05) is 24.3 Å². The van der Waals surface area contributed by atoms with E-state index in [2.05, 4.69) is 0 Å². The molecule has 4 nitrogen and oxygen atoms in total. The van der Waals surface area contributed by atoms with Gasteiger partial charge in [0.05, 0.1) is 9.64 Å². The molecule has 1 saturated carbocycles. The fourth-order valence-corrected chi connectivity index (χ4v) is 4.75. The molecule has 0 radical (unpaired) electrons. The van der Waals surface area contributed by atoms with Gasteiger partial charge in [-0.15, -0.1) is 0 Å². The molecule has 1 aliphatic rings. The summed E-state index contributed by atoms with van der Waals surface area (Å²) in [4.78, 5) is 11.0. The topological polar surface area (TPSA) is 71.4 Å². The standard InChI is InChI=1S/C16H16O4S/c17-15(18)7-8-16(9-10-16)21(19,20)14-6-5-12-3-1-2-4-13(12)11-14/h1-6,11H,7-10H2,(H,17,18). The molecule has 110 valence electrons. The van der Waals surface area contributed by atoms with Gasteiger partial charge in [-0.3, -0.25) is 4.79 Å². The highest BCUT2D eigenvalue weighted by Crippen LogP contribution is 2.50. The second kappa shape index (κ2) is 4.84. The fraction of sp³-hybridized carbons (Fsp3) is 0.312. The fourth-order valence-electron chi connectivity index (χ4n) is 2.71. The Kier molecular flexibility index (Phi) is 3.24. The number of hydrogen-bond acceptors (Lipinski definition) is 3. The summed E-state index contributed by atoms with van der Waals surface area (Å²) in [5.41, 5.74) is 0. The van der Waals surface area contributed by atoms with E-state index in [-0.39, 0.29) is 12.8 Å². The van der Waals surface area contributed by atoms with Gasteiger partial charge in [0.15, 0.2) is 9.84 Å². The van der Waals surface area contributed by atoms with Crippen LogP contribution in [-0.2, 0) is 14.6 Å². The molecule has 0 heterocycles. The Hall–Kier alpha value is -1.88. The van der Waals surface area contributed by atoms with Crippen LogP contribution < -0.4 is 0 Å². The van der Waals surface area contributed by atoms with E-state index < -0.39 is 20.6 Å². The van der Waals surface area contributed by atoms with Gasteiger partial charge >= 0.3 is 5.97 Å². The lowest BCUT2D eigenvalue weighted by Crippen LogP contribution is -2.24. The van der Waals surface area contributed by atoms with Crippen LogP contribution in [0.3, 0.4) is 0 Å². The van der Waals surface area contributed by atoms with Crippen LogP contribution >= 0.6 is 0 Å². The van der Waals surface area contributed by atoms with Crippen molar-refractivity contribution in [2.75, 3.05) is 0 Å². The van der Waals surface area contributed by atoms with Crippen LogP contribution in [0.4, 0.5) is 0 Å². The normalized spacial score (nSPS) is 16.8. The zero-order chi connectivity index (χ0) is 15.1. The summed E-state index contributed by atoms with van der Waals surface area (Å²) in [5, 5.41) is 10.7. The Morgan fingerprint density at radius 3 is 2.38 bits per heavy atom. The number of hydrogen-bond donors (Lipinski definition) is 1. The second-order valence-electron chi connectivity index (χ2n) is 5.59. The van der Waals surface area contributed by atoms with Crippen LogP contribution in [0.25, 0.3) is 10.8 Å². The summed E-state index contributed by atoms with van der Waals surface area (Å²) in [6.45, 7) is 0. The van der Waals surface area contributed by atoms with Crippen molar-refractivity contribution in [2.24, 2.45) is 0 Å². The summed E-state index contributed by atoms with van der Waals surface area (Å²) in [5.74, 6) is -0.949. The quantitative estimate of drug-likeness (QED) is 0.921. The Morgan fingerprint density at radius 2 is 1.76 bits per heavy atom. The van der Waals surface area contributed by atoms with Crippen LogP contribution in [0, 0.1) is 0 Å². The molecule has 0 spiro atoms. The first-order valence-electron chi connectivity index (χ1n) is 6.90. The van der Waals surface area contributed by atoms with Crippen molar-refractivity contribution in [3.8, 4) is 0 Å². The molecule has 1 aliphatic carbocycles. The minimum atomic E-state index is -3.48. The summed E-state index contributed by atoms with van der Waals surface area (Å²) in [7, 11) is -3.48. The smallest absolute Gasteiger partial charge is 0.303 e. The zero-order valence-corrected chi connectivity index (χ0v) is 12.3. The highest BCUT2D eigenvalue weighted by Gasteiger charge is 2.54. The third kappa shape index (κ3) is 2.42. The Morgan fingerprint density at radius 1 is 1.10 bits per heavy atom. The van der Waals surface area contributed by atoms with E-state index in [9.17, 15) is 13.2 Å². The van der Waals surface area contributed by atoms with Gasteiger partial charge in [-0.1, -0.05) is 30.3 Å². The number of fused-ring (bicyclic) bond motifs is 1. The van der Waals surface area contributed by atoms with Gasteiger partial charge in [0.1, 0.15) is 0 Å². The number of carbonyl (C=O) groups is 1. The molecule has 2 aromatic rings. The molecule has 0 bridgehead atoms. The Bertz CT molecular complexity index is 804.